The Hall–Kier alpha value is -2.30. The highest BCUT2D eigenvalue weighted by molar-refractivity contribution is 5.74. The van der Waals surface area contributed by atoms with Crippen LogP contribution in [0.2, 0.25) is 0 Å². The number of carboxylic acid groups (broad SMARTS) is 1. The second kappa shape index (κ2) is 4.42. The van der Waals surface area contributed by atoms with Gasteiger partial charge in [0.25, 0.3) is 0 Å². The molecule has 2 N–H and O–H groups in total. The van der Waals surface area contributed by atoms with Crippen LogP contribution in [0.3, 0.4) is 0 Å². The molecular weight excluding hydrogens is 244 g/mol. The number of hydrogen-bond acceptors (Lipinski definition) is 3. The molecule has 0 saturated carbocycles. The van der Waals surface area contributed by atoms with Gasteiger partial charge in [-0.05, 0) is 31.4 Å². The van der Waals surface area contributed by atoms with Crippen molar-refractivity contribution in [3.8, 4) is 17.1 Å². The van der Waals surface area contributed by atoms with Crippen LogP contribution in [0.5, 0.6) is 5.75 Å². The first-order valence-corrected chi connectivity index (χ1v) is 6.26. The number of aliphatic carboxylic acids is 1. The standard InChI is InChI=1S/C14H14N2O3/c17-12-7-2-1-5-10(12)13-15-8-9-4-3-6-11(14(18)19)16(9)13/h1-2,5,7-8,11,17H,3-4,6H2,(H,18,19). The van der Waals surface area contributed by atoms with Gasteiger partial charge in [0.15, 0.2) is 0 Å². The van der Waals surface area contributed by atoms with Crippen molar-refractivity contribution >= 4 is 5.97 Å². The van der Waals surface area contributed by atoms with Crippen LogP contribution in [-0.2, 0) is 11.2 Å². The Kier molecular flexibility index (Phi) is 2.74. The largest absolute Gasteiger partial charge is 0.507 e. The third kappa shape index (κ3) is 1.87. The Labute approximate surface area is 110 Å². The summed E-state index contributed by atoms with van der Waals surface area (Å²) in [5, 5.41) is 19.2. The van der Waals surface area contributed by atoms with E-state index in [1.54, 1.807) is 35.0 Å². The second-order valence-corrected chi connectivity index (χ2v) is 4.71. The Morgan fingerprint density at radius 3 is 2.89 bits per heavy atom. The molecule has 0 saturated heterocycles. The van der Waals surface area contributed by atoms with Crippen LogP contribution >= 0.6 is 0 Å². The molecule has 1 aromatic heterocycles. The average Bonchev–Trinajstić information content (AvgIpc) is 2.82. The third-order valence-electron chi connectivity index (χ3n) is 3.53. The van der Waals surface area contributed by atoms with Crippen molar-refractivity contribution in [2.75, 3.05) is 0 Å². The molecule has 2 aromatic rings. The zero-order valence-corrected chi connectivity index (χ0v) is 10.3. The normalized spacial score (nSPS) is 18.0. The molecule has 5 heteroatoms. The zero-order chi connectivity index (χ0) is 13.4. The number of nitrogens with zero attached hydrogens (tertiary/aromatic N) is 2. The van der Waals surface area contributed by atoms with E-state index in [0.717, 1.165) is 18.5 Å². The molecule has 1 unspecified atom stereocenters. The van der Waals surface area contributed by atoms with Crippen molar-refractivity contribution in [3.05, 3.63) is 36.2 Å². The Morgan fingerprint density at radius 1 is 1.37 bits per heavy atom. The van der Waals surface area contributed by atoms with Crippen molar-refractivity contribution in [1.82, 2.24) is 9.55 Å². The Balaban J connectivity index is 2.17. The fraction of sp³-hybridized carbons (Fsp3) is 0.286. The molecule has 1 aliphatic heterocycles. The van der Waals surface area contributed by atoms with Gasteiger partial charge in [-0.3, -0.25) is 0 Å². The maximum atomic E-state index is 11.4. The van der Waals surface area contributed by atoms with Crippen LogP contribution in [-0.4, -0.2) is 25.7 Å². The Morgan fingerprint density at radius 2 is 2.16 bits per heavy atom. The van der Waals surface area contributed by atoms with E-state index >= 15 is 0 Å². The SMILES string of the molecule is O=C(O)C1CCCc2cnc(-c3ccccc3O)n21. The zero-order valence-electron chi connectivity index (χ0n) is 10.3. The van der Waals surface area contributed by atoms with Gasteiger partial charge in [0.05, 0.1) is 5.56 Å². The molecule has 1 aromatic carbocycles. The monoisotopic (exact) mass is 258 g/mol. The molecule has 98 valence electrons. The van der Waals surface area contributed by atoms with E-state index in [0.29, 0.717) is 17.8 Å². The van der Waals surface area contributed by atoms with Gasteiger partial charge in [-0.15, -0.1) is 0 Å². The summed E-state index contributed by atoms with van der Waals surface area (Å²) in [6.45, 7) is 0. The minimum atomic E-state index is -0.851. The third-order valence-corrected chi connectivity index (χ3v) is 3.53. The number of hydrogen-bond donors (Lipinski definition) is 2. The van der Waals surface area contributed by atoms with E-state index in [4.69, 9.17) is 0 Å². The molecule has 2 heterocycles. The number of carboxylic acids is 1. The van der Waals surface area contributed by atoms with Gasteiger partial charge in [0.1, 0.15) is 17.6 Å². The van der Waals surface area contributed by atoms with Crippen LogP contribution in [0.4, 0.5) is 0 Å². The fourth-order valence-corrected chi connectivity index (χ4v) is 2.63. The highest BCUT2D eigenvalue weighted by atomic mass is 16.4. The summed E-state index contributed by atoms with van der Waals surface area (Å²) in [6.07, 6.45) is 3.98. The van der Waals surface area contributed by atoms with E-state index in [1.165, 1.54) is 0 Å². The predicted molar refractivity (Wildman–Crippen MR) is 68.9 cm³/mol. The lowest BCUT2D eigenvalue weighted by Crippen LogP contribution is -2.25. The molecule has 0 fully saturated rings. The number of carbonyl (C=O) groups is 1. The van der Waals surface area contributed by atoms with Crippen molar-refractivity contribution in [3.63, 3.8) is 0 Å². The van der Waals surface area contributed by atoms with Gasteiger partial charge in [-0.25, -0.2) is 9.78 Å². The van der Waals surface area contributed by atoms with Crippen LogP contribution in [0.25, 0.3) is 11.4 Å². The number of aromatic nitrogens is 2. The molecular formula is C14H14N2O3. The topological polar surface area (TPSA) is 75.3 Å². The molecule has 3 rings (SSSR count). The first kappa shape index (κ1) is 11.8. The molecule has 19 heavy (non-hydrogen) atoms. The molecule has 0 aliphatic carbocycles. The number of aromatic hydroxyl groups is 1. The minimum Gasteiger partial charge on any atom is -0.507 e. The molecule has 0 radical (unpaired) electrons. The fourth-order valence-electron chi connectivity index (χ4n) is 2.63. The lowest BCUT2D eigenvalue weighted by atomic mass is 10.0. The molecule has 1 atom stereocenters. The molecule has 1 aliphatic rings. The second-order valence-electron chi connectivity index (χ2n) is 4.71. The maximum absolute atomic E-state index is 11.4. The van der Waals surface area contributed by atoms with E-state index in [-0.39, 0.29) is 5.75 Å². The number of aryl methyl sites for hydroxylation is 1. The van der Waals surface area contributed by atoms with Crippen molar-refractivity contribution < 1.29 is 15.0 Å². The molecule has 0 amide bonds. The van der Waals surface area contributed by atoms with Gasteiger partial charge >= 0.3 is 5.97 Å². The molecule has 0 spiro atoms. The average molecular weight is 258 g/mol. The first-order chi connectivity index (χ1) is 9.18. The summed E-state index contributed by atoms with van der Waals surface area (Å²) in [6, 6.07) is 6.26. The van der Waals surface area contributed by atoms with Crippen molar-refractivity contribution in [2.24, 2.45) is 0 Å². The summed E-state index contributed by atoms with van der Waals surface area (Å²) >= 11 is 0. The van der Waals surface area contributed by atoms with Crippen molar-refractivity contribution in [2.45, 2.75) is 25.3 Å². The lowest BCUT2D eigenvalue weighted by molar-refractivity contribution is -0.141. The number of para-hydroxylation sites is 1. The Bertz CT molecular complexity index is 633. The number of rotatable bonds is 2. The number of fused-ring (bicyclic) bond motifs is 1. The summed E-state index contributed by atoms with van der Waals surface area (Å²) < 4.78 is 1.74. The van der Waals surface area contributed by atoms with Crippen LogP contribution in [0.1, 0.15) is 24.6 Å². The quantitative estimate of drug-likeness (QED) is 0.866. The molecule has 5 nitrogen and oxygen atoms in total. The number of benzene rings is 1. The van der Waals surface area contributed by atoms with Crippen molar-refractivity contribution in [1.29, 1.82) is 0 Å². The van der Waals surface area contributed by atoms with Gasteiger partial charge in [0, 0.05) is 11.9 Å². The highest BCUT2D eigenvalue weighted by Gasteiger charge is 2.29. The number of phenolic OH excluding ortho intramolecular Hbond substituents is 1. The van der Waals surface area contributed by atoms with Gasteiger partial charge in [-0.2, -0.15) is 0 Å². The lowest BCUT2D eigenvalue weighted by Gasteiger charge is -2.24. The number of phenols is 1. The van der Waals surface area contributed by atoms with E-state index in [2.05, 4.69) is 4.98 Å². The molecule has 0 bridgehead atoms. The van der Waals surface area contributed by atoms with Gasteiger partial charge < -0.3 is 14.8 Å². The van der Waals surface area contributed by atoms with Gasteiger partial charge in [0.2, 0.25) is 0 Å². The van der Waals surface area contributed by atoms with Crippen LogP contribution in [0, 0.1) is 0 Å². The summed E-state index contributed by atoms with van der Waals surface area (Å²) in [5.74, 6) is -0.207. The smallest absolute Gasteiger partial charge is 0.326 e. The predicted octanol–water partition coefficient (Wildman–Crippen LogP) is 2.22. The van der Waals surface area contributed by atoms with Crippen LogP contribution < -0.4 is 0 Å². The highest BCUT2D eigenvalue weighted by Crippen LogP contribution is 2.34. The first-order valence-electron chi connectivity index (χ1n) is 6.26. The van der Waals surface area contributed by atoms with Gasteiger partial charge in [-0.1, -0.05) is 12.1 Å². The number of imidazole rings is 1. The summed E-state index contributed by atoms with van der Waals surface area (Å²) in [5.41, 5.74) is 1.49. The van der Waals surface area contributed by atoms with E-state index < -0.39 is 12.0 Å². The summed E-state index contributed by atoms with van der Waals surface area (Å²) in [4.78, 5) is 15.7. The van der Waals surface area contributed by atoms with E-state index in [9.17, 15) is 15.0 Å². The van der Waals surface area contributed by atoms with Crippen LogP contribution in [0.15, 0.2) is 30.5 Å². The van der Waals surface area contributed by atoms with E-state index in [1.807, 2.05) is 0 Å². The minimum absolute atomic E-state index is 0.116. The maximum Gasteiger partial charge on any atom is 0.326 e. The summed E-state index contributed by atoms with van der Waals surface area (Å²) in [7, 11) is 0.